The molecule has 1 aromatic heterocycles. The van der Waals surface area contributed by atoms with Crippen molar-refractivity contribution in [2.24, 2.45) is 0 Å². The van der Waals surface area contributed by atoms with E-state index in [0.717, 1.165) is 46.4 Å². The lowest BCUT2D eigenvalue weighted by Gasteiger charge is -2.29. The summed E-state index contributed by atoms with van der Waals surface area (Å²) < 4.78 is 42.4. The van der Waals surface area contributed by atoms with Gasteiger partial charge in [0, 0.05) is 13.1 Å². The minimum Gasteiger partial charge on any atom is -0.309 e. The Labute approximate surface area is 210 Å². The molecule has 10 heteroatoms. The van der Waals surface area contributed by atoms with Crippen molar-refractivity contribution in [3.05, 3.63) is 53.3 Å². The van der Waals surface area contributed by atoms with Crippen LogP contribution in [0.1, 0.15) is 30.4 Å². The molecule has 0 saturated carbocycles. The van der Waals surface area contributed by atoms with Gasteiger partial charge in [-0.15, -0.1) is 0 Å². The average molecular weight is 519 g/mol. The Bertz CT molecular complexity index is 1280. The van der Waals surface area contributed by atoms with Gasteiger partial charge in [0.1, 0.15) is 11.9 Å². The third kappa shape index (κ3) is 5.25. The van der Waals surface area contributed by atoms with Crippen LogP contribution in [0.3, 0.4) is 0 Å². The number of carbonyl (C=O) groups excluding carboxylic acids is 1. The molecule has 1 amide bonds. The monoisotopic (exact) mass is 518 g/mol. The van der Waals surface area contributed by atoms with Crippen molar-refractivity contribution in [1.29, 1.82) is 0 Å². The zero-order valence-corrected chi connectivity index (χ0v) is 22.1. The van der Waals surface area contributed by atoms with E-state index in [1.54, 1.807) is 4.90 Å². The van der Waals surface area contributed by atoms with E-state index < -0.39 is 21.9 Å². The minimum absolute atomic E-state index is 0.0102. The van der Waals surface area contributed by atoms with Crippen LogP contribution >= 0.6 is 11.3 Å². The fourth-order valence-electron chi connectivity index (χ4n) is 4.41. The SMILES string of the molecule is Cc1ccc(C)c2sc(N(CCCN(C)C)C(=O)C3CCCN3S(=O)(=O)c3ccc(F)cc3)nc12. The second kappa shape index (κ2) is 10.3. The van der Waals surface area contributed by atoms with E-state index in [1.807, 2.05) is 40.1 Å². The van der Waals surface area contributed by atoms with Gasteiger partial charge in [0.15, 0.2) is 5.13 Å². The number of aryl methyl sites for hydroxylation is 2. The number of benzene rings is 2. The predicted octanol–water partition coefficient (Wildman–Crippen LogP) is 4.19. The normalized spacial score (nSPS) is 16.9. The topological polar surface area (TPSA) is 73.8 Å². The molecule has 1 unspecified atom stereocenters. The number of aromatic nitrogens is 1. The Kier molecular flexibility index (Phi) is 7.56. The predicted molar refractivity (Wildman–Crippen MR) is 138 cm³/mol. The Morgan fingerprint density at radius 1 is 1.11 bits per heavy atom. The van der Waals surface area contributed by atoms with Crippen molar-refractivity contribution in [2.45, 2.75) is 44.0 Å². The first-order valence-electron chi connectivity index (χ1n) is 11.7. The van der Waals surface area contributed by atoms with Crippen LogP contribution in [0.2, 0.25) is 0 Å². The highest BCUT2D eigenvalue weighted by atomic mass is 32.2. The van der Waals surface area contributed by atoms with Crippen LogP contribution in [0.25, 0.3) is 10.2 Å². The molecule has 0 spiro atoms. The molecule has 0 aliphatic carbocycles. The Morgan fingerprint density at radius 2 is 1.80 bits per heavy atom. The molecule has 4 rings (SSSR count). The number of amides is 1. The molecule has 0 bridgehead atoms. The molecule has 7 nitrogen and oxygen atoms in total. The molecule has 1 fully saturated rings. The van der Waals surface area contributed by atoms with Gasteiger partial charge in [0.2, 0.25) is 15.9 Å². The number of hydrogen-bond acceptors (Lipinski definition) is 6. The first-order valence-corrected chi connectivity index (χ1v) is 14.0. The standard InChI is InChI=1S/C25H31FN4O3S2/c1-17-8-9-18(2)23-22(17)27-25(34-23)29(15-6-14-28(3)4)24(31)21-7-5-16-30(21)35(32,33)20-12-10-19(26)11-13-20/h8-13,21H,5-7,14-16H2,1-4H3. The molecule has 1 saturated heterocycles. The zero-order chi connectivity index (χ0) is 25.3. The van der Waals surface area contributed by atoms with Crippen molar-refractivity contribution >= 4 is 42.6 Å². The number of nitrogens with zero attached hydrogens (tertiary/aromatic N) is 4. The van der Waals surface area contributed by atoms with Crippen LogP contribution in [0.5, 0.6) is 0 Å². The van der Waals surface area contributed by atoms with Crippen LogP contribution in [-0.2, 0) is 14.8 Å². The molecular weight excluding hydrogens is 487 g/mol. The number of thiazole rings is 1. The fourth-order valence-corrected chi connectivity index (χ4v) is 7.20. The van der Waals surface area contributed by atoms with E-state index in [4.69, 9.17) is 4.98 Å². The van der Waals surface area contributed by atoms with Gasteiger partial charge >= 0.3 is 0 Å². The van der Waals surface area contributed by atoms with Crippen molar-refractivity contribution in [3.63, 3.8) is 0 Å². The van der Waals surface area contributed by atoms with E-state index in [1.165, 1.54) is 27.8 Å². The Morgan fingerprint density at radius 3 is 2.46 bits per heavy atom. The fraction of sp³-hybridized carbons (Fsp3) is 0.440. The van der Waals surface area contributed by atoms with E-state index in [2.05, 4.69) is 4.90 Å². The first kappa shape index (κ1) is 25.7. The lowest BCUT2D eigenvalue weighted by atomic mass is 10.1. The van der Waals surface area contributed by atoms with Gasteiger partial charge in [-0.25, -0.2) is 17.8 Å². The second-order valence-corrected chi connectivity index (χ2v) is 12.1. The molecule has 1 aliphatic heterocycles. The molecule has 3 aromatic rings. The van der Waals surface area contributed by atoms with Crippen LogP contribution in [0, 0.1) is 19.7 Å². The summed E-state index contributed by atoms with van der Waals surface area (Å²) >= 11 is 1.47. The highest BCUT2D eigenvalue weighted by Gasteiger charge is 2.42. The molecule has 0 N–H and O–H groups in total. The van der Waals surface area contributed by atoms with Gasteiger partial charge in [-0.3, -0.25) is 9.69 Å². The highest BCUT2D eigenvalue weighted by Crippen LogP contribution is 2.35. The molecule has 0 radical (unpaired) electrons. The lowest BCUT2D eigenvalue weighted by molar-refractivity contribution is -0.121. The van der Waals surface area contributed by atoms with Crippen LogP contribution in [0.15, 0.2) is 41.3 Å². The van der Waals surface area contributed by atoms with Gasteiger partial charge in [0.05, 0.1) is 15.1 Å². The van der Waals surface area contributed by atoms with E-state index in [9.17, 15) is 17.6 Å². The number of rotatable bonds is 8. The average Bonchev–Trinajstić information content (AvgIpc) is 3.48. The number of halogens is 1. The number of carbonyl (C=O) groups is 1. The number of sulfonamides is 1. The van der Waals surface area contributed by atoms with Gasteiger partial charge in [-0.1, -0.05) is 23.5 Å². The maximum Gasteiger partial charge on any atom is 0.247 e. The van der Waals surface area contributed by atoms with Crippen molar-refractivity contribution in [3.8, 4) is 0 Å². The molecular formula is C25H31FN4O3S2. The van der Waals surface area contributed by atoms with E-state index >= 15 is 0 Å². The summed E-state index contributed by atoms with van der Waals surface area (Å²) in [5.41, 5.74) is 3.00. The summed E-state index contributed by atoms with van der Waals surface area (Å²) in [7, 11) is 0.0100. The largest absolute Gasteiger partial charge is 0.309 e. The number of anilines is 1. The van der Waals surface area contributed by atoms with Crippen molar-refractivity contribution < 1.29 is 17.6 Å². The van der Waals surface area contributed by atoms with Crippen LogP contribution in [-0.4, -0.2) is 68.3 Å². The van der Waals surface area contributed by atoms with Crippen molar-refractivity contribution in [1.82, 2.24) is 14.2 Å². The molecule has 1 atom stereocenters. The summed E-state index contributed by atoms with van der Waals surface area (Å²) in [6.07, 6.45) is 1.75. The molecule has 188 valence electrons. The quantitative estimate of drug-likeness (QED) is 0.447. The third-order valence-corrected chi connectivity index (χ3v) is 9.46. The smallest absolute Gasteiger partial charge is 0.247 e. The summed E-state index contributed by atoms with van der Waals surface area (Å²) in [5, 5.41) is 0.590. The summed E-state index contributed by atoms with van der Waals surface area (Å²) in [4.78, 5) is 22.4. The molecule has 2 heterocycles. The van der Waals surface area contributed by atoms with Gasteiger partial charge < -0.3 is 4.90 Å². The Hall–Kier alpha value is -2.40. The molecule has 35 heavy (non-hydrogen) atoms. The van der Waals surface area contributed by atoms with Crippen LogP contribution in [0.4, 0.5) is 9.52 Å². The Balaban J connectivity index is 1.69. The summed E-state index contributed by atoms with van der Waals surface area (Å²) in [6.45, 7) is 5.50. The third-order valence-electron chi connectivity index (χ3n) is 6.32. The lowest BCUT2D eigenvalue weighted by Crippen LogP contribution is -2.48. The highest BCUT2D eigenvalue weighted by molar-refractivity contribution is 7.89. The maximum absolute atomic E-state index is 13.9. The zero-order valence-electron chi connectivity index (χ0n) is 20.5. The van der Waals surface area contributed by atoms with E-state index in [-0.39, 0.29) is 17.3 Å². The first-order chi connectivity index (χ1) is 16.6. The van der Waals surface area contributed by atoms with Crippen LogP contribution < -0.4 is 4.90 Å². The minimum atomic E-state index is -3.94. The summed E-state index contributed by atoms with van der Waals surface area (Å²) in [6, 6.07) is 7.99. The van der Waals surface area contributed by atoms with Gasteiger partial charge in [-0.2, -0.15) is 4.31 Å². The van der Waals surface area contributed by atoms with Gasteiger partial charge in [0.25, 0.3) is 0 Å². The number of hydrogen-bond donors (Lipinski definition) is 0. The van der Waals surface area contributed by atoms with Crippen molar-refractivity contribution in [2.75, 3.05) is 38.6 Å². The van der Waals surface area contributed by atoms with Gasteiger partial charge in [-0.05, 0) is 89.1 Å². The summed E-state index contributed by atoms with van der Waals surface area (Å²) in [5.74, 6) is -0.771. The molecule has 1 aliphatic rings. The second-order valence-electron chi connectivity index (χ2n) is 9.25. The maximum atomic E-state index is 13.9. The number of fused-ring (bicyclic) bond motifs is 1. The molecule has 2 aromatic carbocycles. The van der Waals surface area contributed by atoms with E-state index in [0.29, 0.717) is 24.5 Å².